The molecule has 1 aromatic carbocycles. The Morgan fingerprint density at radius 2 is 1.91 bits per heavy atom. The lowest BCUT2D eigenvalue weighted by atomic mass is 10.1. The van der Waals surface area contributed by atoms with E-state index >= 15 is 0 Å². The first-order chi connectivity index (χ1) is 10.4. The highest BCUT2D eigenvalue weighted by Crippen LogP contribution is 2.21. The van der Waals surface area contributed by atoms with E-state index in [2.05, 4.69) is 15.5 Å². The molecule has 0 radical (unpaired) electrons. The molecule has 0 spiro atoms. The van der Waals surface area contributed by atoms with Gasteiger partial charge in [0.25, 0.3) is 5.97 Å². The van der Waals surface area contributed by atoms with Gasteiger partial charge in [-0.15, -0.1) is 0 Å². The van der Waals surface area contributed by atoms with Crippen LogP contribution < -0.4 is 5.43 Å². The van der Waals surface area contributed by atoms with Gasteiger partial charge in [0.1, 0.15) is 5.82 Å². The molecule has 0 aliphatic carbocycles. The summed E-state index contributed by atoms with van der Waals surface area (Å²) in [6.07, 6.45) is 1.70. The number of nitrogens with one attached hydrogen (secondary N) is 1. The first kappa shape index (κ1) is 17.9. The molecule has 0 saturated carbocycles. The van der Waals surface area contributed by atoms with Crippen molar-refractivity contribution in [3.8, 4) is 0 Å². The van der Waals surface area contributed by atoms with Crippen LogP contribution in [-0.2, 0) is 4.79 Å². The Kier molecular flexibility index (Phi) is 7.36. The minimum Gasteiger partial charge on any atom is -0.481 e. The minimum atomic E-state index is -0.833. The van der Waals surface area contributed by atoms with Crippen LogP contribution in [0.15, 0.2) is 47.7 Å². The quantitative estimate of drug-likeness (QED) is 0.645. The van der Waals surface area contributed by atoms with E-state index in [9.17, 15) is 0 Å². The zero-order valence-corrected chi connectivity index (χ0v) is 13.6. The van der Waals surface area contributed by atoms with Gasteiger partial charge in [0.05, 0.1) is 10.7 Å². The van der Waals surface area contributed by atoms with Gasteiger partial charge in [-0.25, -0.2) is 4.98 Å². The highest BCUT2D eigenvalue weighted by Gasteiger charge is 2.04. The zero-order chi connectivity index (χ0) is 16.5. The molecule has 0 atom stereocenters. The molecule has 0 saturated heterocycles. The molecule has 1 aromatic heterocycles. The molecule has 0 unspecified atom stereocenters. The van der Waals surface area contributed by atoms with Crippen LogP contribution in [-0.4, -0.2) is 21.8 Å². The highest BCUT2D eigenvalue weighted by molar-refractivity contribution is 6.37. The molecule has 2 N–H and O–H groups in total. The summed E-state index contributed by atoms with van der Waals surface area (Å²) in [7, 11) is 0. The van der Waals surface area contributed by atoms with E-state index in [-0.39, 0.29) is 0 Å². The standard InChI is InChI=1S/C13H11Cl2N3.C2H4O2/c1-9(11-6-5-10(14)8-12(11)15)17-18-13-4-2-3-7-16-13;1-2(3)4/h2-8H,1H3,(H,16,18);1H3,(H,3,4)/b17-9+;. The number of benzene rings is 1. The topological polar surface area (TPSA) is 74.6 Å². The molecule has 116 valence electrons. The molecular weight excluding hydrogens is 325 g/mol. The van der Waals surface area contributed by atoms with Crippen LogP contribution in [0.4, 0.5) is 5.82 Å². The van der Waals surface area contributed by atoms with Crippen LogP contribution in [0.1, 0.15) is 19.4 Å². The number of pyridine rings is 1. The second-order valence-electron chi connectivity index (χ2n) is 4.17. The minimum absolute atomic E-state index is 0.576. The molecule has 0 amide bonds. The first-order valence-corrected chi connectivity index (χ1v) is 7.02. The fourth-order valence-electron chi connectivity index (χ4n) is 1.41. The van der Waals surface area contributed by atoms with Gasteiger partial charge in [0.2, 0.25) is 0 Å². The van der Waals surface area contributed by atoms with E-state index in [4.69, 9.17) is 33.1 Å². The van der Waals surface area contributed by atoms with Crippen molar-refractivity contribution in [1.29, 1.82) is 0 Å². The summed E-state index contributed by atoms with van der Waals surface area (Å²) in [4.78, 5) is 13.1. The number of carboxylic acids is 1. The summed E-state index contributed by atoms with van der Waals surface area (Å²) >= 11 is 11.9. The summed E-state index contributed by atoms with van der Waals surface area (Å²) in [5.41, 5.74) is 4.47. The van der Waals surface area contributed by atoms with Gasteiger partial charge in [0.15, 0.2) is 0 Å². The van der Waals surface area contributed by atoms with Gasteiger partial charge in [-0.1, -0.05) is 35.3 Å². The predicted molar refractivity (Wildman–Crippen MR) is 89.8 cm³/mol. The van der Waals surface area contributed by atoms with Crippen LogP contribution in [0.2, 0.25) is 10.0 Å². The monoisotopic (exact) mass is 339 g/mol. The van der Waals surface area contributed by atoms with Crippen molar-refractivity contribution in [2.45, 2.75) is 13.8 Å². The predicted octanol–water partition coefficient (Wildman–Crippen LogP) is 4.32. The van der Waals surface area contributed by atoms with Crippen molar-refractivity contribution >= 4 is 40.7 Å². The maximum absolute atomic E-state index is 9.00. The van der Waals surface area contributed by atoms with Gasteiger partial charge in [-0.05, 0) is 31.2 Å². The van der Waals surface area contributed by atoms with Crippen molar-refractivity contribution < 1.29 is 9.90 Å². The van der Waals surface area contributed by atoms with Crippen LogP contribution in [0.25, 0.3) is 0 Å². The Labute approximate surface area is 138 Å². The summed E-state index contributed by atoms with van der Waals surface area (Å²) in [6.45, 7) is 2.95. The van der Waals surface area contributed by atoms with E-state index in [0.717, 1.165) is 18.2 Å². The van der Waals surface area contributed by atoms with Crippen molar-refractivity contribution in [2.75, 3.05) is 5.43 Å². The fourth-order valence-corrected chi connectivity index (χ4v) is 1.96. The third kappa shape index (κ3) is 6.56. The third-order valence-electron chi connectivity index (χ3n) is 2.32. The average Bonchev–Trinajstić information content (AvgIpc) is 2.45. The molecule has 0 aliphatic heterocycles. The molecule has 22 heavy (non-hydrogen) atoms. The lowest BCUT2D eigenvalue weighted by Gasteiger charge is -2.05. The van der Waals surface area contributed by atoms with Crippen LogP contribution in [0.3, 0.4) is 0 Å². The average molecular weight is 340 g/mol. The summed E-state index contributed by atoms with van der Waals surface area (Å²) in [5.74, 6) is -0.151. The smallest absolute Gasteiger partial charge is 0.300 e. The fraction of sp³-hybridized carbons (Fsp3) is 0.133. The number of aromatic nitrogens is 1. The summed E-state index contributed by atoms with van der Waals surface area (Å²) < 4.78 is 0. The number of carboxylic acid groups (broad SMARTS) is 1. The van der Waals surface area contributed by atoms with Gasteiger partial charge in [0, 0.05) is 23.7 Å². The Balaban J connectivity index is 0.000000541. The second kappa shape index (κ2) is 9.02. The van der Waals surface area contributed by atoms with E-state index < -0.39 is 5.97 Å². The molecule has 0 bridgehead atoms. The summed E-state index contributed by atoms with van der Waals surface area (Å²) in [5, 5.41) is 12.8. The van der Waals surface area contributed by atoms with Gasteiger partial charge < -0.3 is 5.11 Å². The number of rotatable bonds is 3. The summed E-state index contributed by atoms with van der Waals surface area (Å²) in [6, 6.07) is 10.9. The maximum atomic E-state index is 9.00. The normalized spacial score (nSPS) is 10.5. The number of carbonyl (C=O) groups is 1. The SMILES string of the molecule is C/C(=N\Nc1ccccn1)c1ccc(Cl)cc1Cl.CC(=O)O. The van der Waals surface area contributed by atoms with E-state index in [0.29, 0.717) is 15.9 Å². The van der Waals surface area contributed by atoms with E-state index in [1.54, 1.807) is 18.3 Å². The number of nitrogens with zero attached hydrogens (tertiary/aromatic N) is 2. The second-order valence-corrected chi connectivity index (χ2v) is 5.01. The zero-order valence-electron chi connectivity index (χ0n) is 12.0. The van der Waals surface area contributed by atoms with Gasteiger partial charge >= 0.3 is 0 Å². The molecule has 1 heterocycles. The van der Waals surface area contributed by atoms with Crippen molar-refractivity contribution in [3.63, 3.8) is 0 Å². The number of hydrogen-bond acceptors (Lipinski definition) is 4. The van der Waals surface area contributed by atoms with Crippen molar-refractivity contribution in [1.82, 2.24) is 4.98 Å². The van der Waals surface area contributed by atoms with Gasteiger partial charge in [-0.2, -0.15) is 5.10 Å². The van der Waals surface area contributed by atoms with E-state index in [1.165, 1.54) is 0 Å². The van der Waals surface area contributed by atoms with Crippen LogP contribution in [0.5, 0.6) is 0 Å². The highest BCUT2D eigenvalue weighted by atomic mass is 35.5. The first-order valence-electron chi connectivity index (χ1n) is 6.26. The Bertz CT molecular complexity index is 657. The number of aliphatic carboxylic acids is 1. The molecule has 0 fully saturated rings. The Morgan fingerprint density at radius 3 is 2.45 bits per heavy atom. The Morgan fingerprint density at radius 1 is 1.23 bits per heavy atom. The molecular formula is C15H15Cl2N3O2. The number of anilines is 1. The maximum Gasteiger partial charge on any atom is 0.300 e. The van der Waals surface area contributed by atoms with Gasteiger partial charge in [-0.3, -0.25) is 10.2 Å². The Hall–Kier alpha value is -2.11. The molecule has 0 aliphatic rings. The van der Waals surface area contributed by atoms with Crippen molar-refractivity contribution in [2.24, 2.45) is 5.10 Å². The molecule has 7 heteroatoms. The lowest BCUT2D eigenvalue weighted by molar-refractivity contribution is -0.134. The lowest BCUT2D eigenvalue weighted by Crippen LogP contribution is -2.01. The van der Waals surface area contributed by atoms with E-state index in [1.807, 2.05) is 31.2 Å². The number of hydrogen-bond donors (Lipinski definition) is 2. The van der Waals surface area contributed by atoms with Crippen molar-refractivity contribution in [3.05, 3.63) is 58.2 Å². The molecule has 2 rings (SSSR count). The third-order valence-corrected chi connectivity index (χ3v) is 2.87. The van der Waals surface area contributed by atoms with Crippen LogP contribution >= 0.6 is 23.2 Å². The number of hydrazone groups is 1. The molecule has 5 nitrogen and oxygen atoms in total. The number of halogens is 2. The molecule has 2 aromatic rings. The largest absolute Gasteiger partial charge is 0.481 e. The van der Waals surface area contributed by atoms with Crippen LogP contribution in [0, 0.1) is 0 Å².